The Bertz CT molecular complexity index is 514. The molecule has 0 amide bonds. The molecule has 0 saturated heterocycles. The number of pyridine rings is 1. The lowest BCUT2D eigenvalue weighted by atomic mass is 10.0. The number of fused-ring (bicyclic) bond motifs is 1. The molecule has 0 spiro atoms. The highest BCUT2D eigenvalue weighted by Crippen LogP contribution is 2.18. The second kappa shape index (κ2) is 3.27. The fourth-order valence-electron chi connectivity index (χ4n) is 1.61. The van der Waals surface area contributed by atoms with E-state index in [2.05, 4.69) is 4.98 Å². The highest BCUT2D eigenvalue weighted by Gasteiger charge is 2.05. The van der Waals surface area contributed by atoms with Gasteiger partial charge in [-0.25, -0.2) is 0 Å². The molecule has 1 aromatic heterocycles. The first-order valence-electron chi connectivity index (χ1n) is 4.56. The maximum Gasteiger partial charge on any atom is 0.248 e. The van der Waals surface area contributed by atoms with E-state index in [1.165, 1.54) is 0 Å². The minimum absolute atomic E-state index is 0.101. The molecule has 0 bridgehead atoms. The van der Waals surface area contributed by atoms with Crippen molar-refractivity contribution in [2.45, 2.75) is 13.0 Å². The minimum atomic E-state index is -0.123. The van der Waals surface area contributed by atoms with Gasteiger partial charge in [0.05, 0.1) is 0 Å². The number of para-hydroxylation sites is 1. The molecular formula is C11H12N2O. The number of nitrogens with one attached hydrogen (secondary N) is 1. The molecule has 1 atom stereocenters. The first kappa shape index (κ1) is 8.97. The van der Waals surface area contributed by atoms with Gasteiger partial charge >= 0.3 is 0 Å². The van der Waals surface area contributed by atoms with Crippen LogP contribution in [-0.4, -0.2) is 4.98 Å². The molecule has 0 aliphatic rings. The van der Waals surface area contributed by atoms with E-state index in [0.29, 0.717) is 0 Å². The summed E-state index contributed by atoms with van der Waals surface area (Å²) in [5, 5.41) is 1.02. The topological polar surface area (TPSA) is 58.9 Å². The standard InChI is InChI=1S/C11H12N2O/c1-7(12)9-6-11(14)13-10-5-3-2-4-8(9)10/h2-7H,12H2,1H3,(H,13,14)/t7-/m0/s1. The zero-order valence-corrected chi connectivity index (χ0v) is 7.95. The van der Waals surface area contributed by atoms with Gasteiger partial charge in [0.2, 0.25) is 5.56 Å². The zero-order valence-electron chi connectivity index (χ0n) is 7.95. The Labute approximate surface area is 81.6 Å². The SMILES string of the molecule is C[C@H](N)c1cc(=O)[nH]c2ccccc12. The third kappa shape index (κ3) is 1.42. The molecule has 0 aliphatic heterocycles. The van der Waals surface area contributed by atoms with Gasteiger partial charge in [-0.05, 0) is 18.6 Å². The molecule has 1 aromatic carbocycles. The first-order chi connectivity index (χ1) is 6.68. The van der Waals surface area contributed by atoms with E-state index in [9.17, 15) is 4.79 Å². The fraction of sp³-hybridized carbons (Fsp3) is 0.182. The molecule has 0 saturated carbocycles. The highest BCUT2D eigenvalue weighted by atomic mass is 16.1. The fourth-order valence-corrected chi connectivity index (χ4v) is 1.61. The Morgan fingerprint density at radius 1 is 1.36 bits per heavy atom. The van der Waals surface area contributed by atoms with Crippen LogP contribution in [0.3, 0.4) is 0 Å². The smallest absolute Gasteiger partial charge is 0.248 e. The lowest BCUT2D eigenvalue weighted by Gasteiger charge is -2.08. The Morgan fingerprint density at radius 2 is 2.07 bits per heavy atom. The summed E-state index contributed by atoms with van der Waals surface area (Å²) in [6.45, 7) is 1.88. The maximum absolute atomic E-state index is 11.3. The molecule has 3 heteroatoms. The molecule has 14 heavy (non-hydrogen) atoms. The van der Waals surface area contributed by atoms with E-state index >= 15 is 0 Å². The molecular weight excluding hydrogens is 176 g/mol. The van der Waals surface area contributed by atoms with Gasteiger partial charge in [0.1, 0.15) is 0 Å². The molecule has 0 radical (unpaired) electrons. The van der Waals surface area contributed by atoms with E-state index in [0.717, 1.165) is 16.5 Å². The molecule has 0 unspecified atom stereocenters. The Hall–Kier alpha value is -1.61. The average molecular weight is 188 g/mol. The third-order valence-corrected chi connectivity index (χ3v) is 2.27. The molecule has 3 N–H and O–H groups in total. The lowest BCUT2D eigenvalue weighted by molar-refractivity contribution is 0.823. The van der Waals surface area contributed by atoms with Crippen LogP contribution in [0.2, 0.25) is 0 Å². The van der Waals surface area contributed by atoms with Gasteiger partial charge in [-0.1, -0.05) is 18.2 Å². The van der Waals surface area contributed by atoms with Crippen molar-refractivity contribution >= 4 is 10.9 Å². The van der Waals surface area contributed by atoms with Crippen molar-refractivity contribution in [2.75, 3.05) is 0 Å². The van der Waals surface area contributed by atoms with Crippen molar-refractivity contribution in [1.82, 2.24) is 4.98 Å². The van der Waals surface area contributed by atoms with Crippen LogP contribution in [0, 0.1) is 0 Å². The lowest BCUT2D eigenvalue weighted by Crippen LogP contribution is -2.12. The number of hydrogen-bond donors (Lipinski definition) is 2. The average Bonchev–Trinajstić information content (AvgIpc) is 2.16. The number of benzene rings is 1. The summed E-state index contributed by atoms with van der Waals surface area (Å²) in [4.78, 5) is 14.1. The van der Waals surface area contributed by atoms with E-state index in [4.69, 9.17) is 5.73 Å². The van der Waals surface area contributed by atoms with E-state index in [1.54, 1.807) is 6.07 Å². The van der Waals surface area contributed by atoms with E-state index < -0.39 is 0 Å². The largest absolute Gasteiger partial charge is 0.324 e. The van der Waals surface area contributed by atoms with Crippen molar-refractivity contribution in [3.05, 3.63) is 46.2 Å². The van der Waals surface area contributed by atoms with Gasteiger partial charge in [0, 0.05) is 23.0 Å². The van der Waals surface area contributed by atoms with Gasteiger partial charge in [0.25, 0.3) is 0 Å². The van der Waals surface area contributed by atoms with Gasteiger partial charge in [-0.15, -0.1) is 0 Å². The number of hydrogen-bond acceptors (Lipinski definition) is 2. The quantitative estimate of drug-likeness (QED) is 0.713. The molecule has 0 aliphatic carbocycles. The van der Waals surface area contributed by atoms with E-state index in [1.807, 2.05) is 31.2 Å². The van der Waals surface area contributed by atoms with Crippen LogP contribution in [0.15, 0.2) is 35.1 Å². The molecule has 1 heterocycles. The summed E-state index contributed by atoms with van der Waals surface area (Å²) >= 11 is 0. The van der Waals surface area contributed by atoms with Gasteiger partial charge in [0.15, 0.2) is 0 Å². The van der Waals surface area contributed by atoms with Gasteiger partial charge in [-0.2, -0.15) is 0 Å². The molecule has 72 valence electrons. The number of aromatic nitrogens is 1. The van der Waals surface area contributed by atoms with Crippen LogP contribution in [-0.2, 0) is 0 Å². The van der Waals surface area contributed by atoms with Crippen LogP contribution < -0.4 is 11.3 Å². The second-order valence-corrected chi connectivity index (χ2v) is 3.42. The summed E-state index contributed by atoms with van der Waals surface area (Å²) in [5.41, 5.74) is 7.43. The number of aromatic amines is 1. The zero-order chi connectivity index (χ0) is 10.1. The number of nitrogens with two attached hydrogens (primary N) is 1. The van der Waals surface area contributed by atoms with E-state index in [-0.39, 0.29) is 11.6 Å². The normalized spacial score (nSPS) is 13.0. The Morgan fingerprint density at radius 3 is 2.79 bits per heavy atom. The molecule has 0 fully saturated rings. The van der Waals surface area contributed by atoms with Crippen molar-refractivity contribution in [2.24, 2.45) is 5.73 Å². The highest BCUT2D eigenvalue weighted by molar-refractivity contribution is 5.82. The molecule has 2 aromatic rings. The molecule has 2 rings (SSSR count). The van der Waals surface area contributed by atoms with Crippen LogP contribution in [0.5, 0.6) is 0 Å². The van der Waals surface area contributed by atoms with Gasteiger partial charge in [-0.3, -0.25) is 4.79 Å². The predicted molar refractivity (Wildman–Crippen MR) is 57.2 cm³/mol. The molecule has 3 nitrogen and oxygen atoms in total. The second-order valence-electron chi connectivity index (χ2n) is 3.42. The van der Waals surface area contributed by atoms with Crippen molar-refractivity contribution in [3.8, 4) is 0 Å². The summed E-state index contributed by atoms with van der Waals surface area (Å²) < 4.78 is 0. The minimum Gasteiger partial charge on any atom is -0.324 e. The van der Waals surface area contributed by atoms with Crippen molar-refractivity contribution < 1.29 is 0 Å². The summed E-state index contributed by atoms with van der Waals surface area (Å²) in [6.07, 6.45) is 0. The monoisotopic (exact) mass is 188 g/mol. The number of H-pyrrole nitrogens is 1. The van der Waals surface area contributed by atoms with Crippen LogP contribution in [0.25, 0.3) is 10.9 Å². The van der Waals surface area contributed by atoms with Gasteiger partial charge < -0.3 is 10.7 Å². The van der Waals surface area contributed by atoms with Crippen LogP contribution in [0.1, 0.15) is 18.5 Å². The Kier molecular flexibility index (Phi) is 2.09. The van der Waals surface area contributed by atoms with Crippen LogP contribution >= 0.6 is 0 Å². The summed E-state index contributed by atoms with van der Waals surface area (Å²) in [7, 11) is 0. The summed E-state index contributed by atoms with van der Waals surface area (Å²) in [6, 6.07) is 9.11. The summed E-state index contributed by atoms with van der Waals surface area (Å²) in [5.74, 6) is 0. The van der Waals surface area contributed by atoms with Crippen LogP contribution in [0.4, 0.5) is 0 Å². The third-order valence-electron chi connectivity index (χ3n) is 2.27. The van der Waals surface area contributed by atoms with Crippen molar-refractivity contribution in [3.63, 3.8) is 0 Å². The number of rotatable bonds is 1. The maximum atomic E-state index is 11.3. The first-order valence-corrected chi connectivity index (χ1v) is 4.56. The predicted octanol–water partition coefficient (Wildman–Crippen LogP) is 1.55. The van der Waals surface area contributed by atoms with Crippen molar-refractivity contribution in [1.29, 1.82) is 0 Å². The Balaban J connectivity index is 2.87.